The van der Waals surface area contributed by atoms with Crippen LogP contribution in [0.5, 0.6) is 0 Å². The molecule has 0 saturated carbocycles. The molecular formula is C18H20F4O2. The standard InChI is InChI=1S/2C9H10F2O/c2*1-2-9(12)6-3-4-7(10)8(11)5-6/h2*3-5,9,12H,2H2,1H3/t2*9-/m10/s1. The zero-order valence-corrected chi connectivity index (χ0v) is 13.4. The molecule has 2 nitrogen and oxygen atoms in total. The molecule has 0 aliphatic rings. The summed E-state index contributed by atoms with van der Waals surface area (Å²) in [5, 5.41) is 18.5. The Bertz CT molecular complexity index is 604. The number of halogens is 4. The third kappa shape index (κ3) is 5.62. The van der Waals surface area contributed by atoms with Crippen molar-refractivity contribution in [3.8, 4) is 0 Å². The zero-order valence-electron chi connectivity index (χ0n) is 13.4. The Hall–Kier alpha value is -1.92. The number of rotatable bonds is 4. The molecule has 2 atom stereocenters. The second kappa shape index (κ2) is 9.39. The SMILES string of the molecule is CC[C@@H](O)c1ccc(F)c(F)c1.CC[C@H](O)c1ccc(F)c(F)c1. The van der Waals surface area contributed by atoms with Gasteiger partial charge in [-0.25, -0.2) is 17.6 Å². The summed E-state index contributed by atoms with van der Waals surface area (Å²) in [6.45, 7) is 3.54. The van der Waals surface area contributed by atoms with E-state index in [-0.39, 0.29) is 0 Å². The predicted octanol–water partition coefficient (Wildman–Crippen LogP) is 4.82. The summed E-state index contributed by atoms with van der Waals surface area (Å²) < 4.78 is 50.0. The van der Waals surface area contributed by atoms with E-state index in [4.69, 9.17) is 0 Å². The molecule has 0 bridgehead atoms. The fourth-order valence-corrected chi connectivity index (χ4v) is 1.91. The van der Waals surface area contributed by atoms with Gasteiger partial charge in [-0.2, -0.15) is 0 Å². The van der Waals surface area contributed by atoms with Crippen LogP contribution in [0.15, 0.2) is 36.4 Å². The molecule has 24 heavy (non-hydrogen) atoms. The molecule has 0 radical (unpaired) electrons. The second-order valence-corrected chi connectivity index (χ2v) is 5.20. The maximum Gasteiger partial charge on any atom is 0.159 e. The van der Waals surface area contributed by atoms with Crippen LogP contribution >= 0.6 is 0 Å². The van der Waals surface area contributed by atoms with Gasteiger partial charge in [0.15, 0.2) is 23.3 Å². The van der Waals surface area contributed by atoms with Crippen molar-refractivity contribution in [2.75, 3.05) is 0 Å². The molecule has 0 unspecified atom stereocenters. The molecule has 0 fully saturated rings. The van der Waals surface area contributed by atoms with E-state index in [0.29, 0.717) is 24.0 Å². The van der Waals surface area contributed by atoms with E-state index < -0.39 is 35.5 Å². The Morgan fingerprint density at radius 3 is 1.25 bits per heavy atom. The molecular weight excluding hydrogens is 324 g/mol. The van der Waals surface area contributed by atoms with Crippen molar-refractivity contribution in [1.29, 1.82) is 0 Å². The number of aliphatic hydroxyl groups excluding tert-OH is 2. The molecule has 132 valence electrons. The Balaban J connectivity index is 0.000000240. The highest BCUT2D eigenvalue weighted by Gasteiger charge is 2.09. The summed E-state index contributed by atoms with van der Waals surface area (Å²) in [6, 6.07) is 6.83. The maximum atomic E-state index is 12.6. The lowest BCUT2D eigenvalue weighted by molar-refractivity contribution is 0.173. The van der Waals surface area contributed by atoms with Crippen LogP contribution in [-0.2, 0) is 0 Å². The summed E-state index contributed by atoms with van der Waals surface area (Å²) in [7, 11) is 0. The summed E-state index contributed by atoms with van der Waals surface area (Å²) in [5.74, 6) is -3.61. The van der Waals surface area contributed by atoms with Crippen molar-refractivity contribution in [2.24, 2.45) is 0 Å². The average Bonchev–Trinajstić information content (AvgIpc) is 2.58. The lowest BCUT2D eigenvalue weighted by atomic mass is 10.1. The Kier molecular flexibility index (Phi) is 7.88. The van der Waals surface area contributed by atoms with Gasteiger partial charge in [0.2, 0.25) is 0 Å². The summed E-state index contributed by atoms with van der Waals surface area (Å²) in [5.41, 5.74) is 0.827. The first-order valence-corrected chi connectivity index (χ1v) is 7.56. The van der Waals surface area contributed by atoms with Crippen LogP contribution in [0.2, 0.25) is 0 Å². The second-order valence-electron chi connectivity index (χ2n) is 5.20. The van der Waals surface area contributed by atoms with E-state index in [0.717, 1.165) is 24.3 Å². The van der Waals surface area contributed by atoms with E-state index in [9.17, 15) is 27.8 Å². The van der Waals surface area contributed by atoms with Gasteiger partial charge in [-0.15, -0.1) is 0 Å². The van der Waals surface area contributed by atoms with Crippen molar-refractivity contribution in [2.45, 2.75) is 38.9 Å². The topological polar surface area (TPSA) is 40.5 Å². The van der Waals surface area contributed by atoms with Crippen LogP contribution in [0.1, 0.15) is 50.0 Å². The van der Waals surface area contributed by atoms with Crippen molar-refractivity contribution in [3.63, 3.8) is 0 Å². The lowest BCUT2D eigenvalue weighted by Crippen LogP contribution is -1.96. The molecule has 0 aliphatic carbocycles. The minimum absolute atomic E-state index is 0.413. The molecule has 0 amide bonds. The van der Waals surface area contributed by atoms with Gasteiger partial charge in [-0.3, -0.25) is 0 Å². The minimum Gasteiger partial charge on any atom is -0.388 e. The summed E-state index contributed by atoms with van der Waals surface area (Å²) >= 11 is 0. The highest BCUT2D eigenvalue weighted by Crippen LogP contribution is 2.19. The van der Waals surface area contributed by atoms with Gasteiger partial charge in [-0.1, -0.05) is 26.0 Å². The molecule has 2 N–H and O–H groups in total. The fourth-order valence-electron chi connectivity index (χ4n) is 1.91. The van der Waals surface area contributed by atoms with Crippen molar-refractivity contribution in [1.82, 2.24) is 0 Å². The first kappa shape index (κ1) is 20.1. The fraction of sp³-hybridized carbons (Fsp3) is 0.333. The molecule has 0 aliphatic heterocycles. The first-order valence-electron chi connectivity index (χ1n) is 7.56. The third-order valence-electron chi connectivity index (χ3n) is 3.43. The van der Waals surface area contributed by atoms with Gasteiger partial charge in [0.05, 0.1) is 12.2 Å². The molecule has 2 aromatic carbocycles. The molecule has 0 saturated heterocycles. The Morgan fingerprint density at radius 2 is 1.00 bits per heavy atom. The van der Waals surface area contributed by atoms with Crippen molar-refractivity contribution in [3.05, 3.63) is 70.8 Å². The van der Waals surface area contributed by atoms with Crippen LogP contribution in [0.4, 0.5) is 17.6 Å². The van der Waals surface area contributed by atoms with Crippen molar-refractivity contribution < 1.29 is 27.8 Å². The Morgan fingerprint density at radius 1 is 0.667 bits per heavy atom. The number of hydrogen-bond acceptors (Lipinski definition) is 2. The van der Waals surface area contributed by atoms with Gasteiger partial charge in [0.25, 0.3) is 0 Å². The monoisotopic (exact) mass is 344 g/mol. The highest BCUT2D eigenvalue weighted by molar-refractivity contribution is 5.20. The van der Waals surface area contributed by atoms with Gasteiger partial charge in [0, 0.05) is 0 Å². The average molecular weight is 344 g/mol. The molecule has 2 aromatic rings. The van der Waals surface area contributed by atoms with E-state index in [2.05, 4.69) is 0 Å². The minimum atomic E-state index is -0.917. The van der Waals surface area contributed by atoms with Crippen LogP contribution in [0.25, 0.3) is 0 Å². The van der Waals surface area contributed by atoms with E-state index in [1.807, 2.05) is 0 Å². The summed E-state index contributed by atoms with van der Waals surface area (Å²) in [4.78, 5) is 0. The van der Waals surface area contributed by atoms with Crippen molar-refractivity contribution >= 4 is 0 Å². The normalized spacial score (nSPS) is 13.0. The third-order valence-corrected chi connectivity index (χ3v) is 3.43. The van der Waals surface area contributed by atoms with Crippen LogP contribution in [-0.4, -0.2) is 10.2 Å². The van der Waals surface area contributed by atoms with E-state index in [1.165, 1.54) is 12.1 Å². The van der Waals surface area contributed by atoms with Crippen LogP contribution < -0.4 is 0 Å². The molecule has 0 spiro atoms. The highest BCUT2D eigenvalue weighted by atomic mass is 19.2. The smallest absolute Gasteiger partial charge is 0.159 e. The molecule has 0 aromatic heterocycles. The Labute approximate surface area is 138 Å². The number of aliphatic hydroxyl groups is 2. The number of benzene rings is 2. The number of hydrogen-bond donors (Lipinski definition) is 2. The van der Waals surface area contributed by atoms with Crippen LogP contribution in [0.3, 0.4) is 0 Å². The molecule has 2 rings (SSSR count). The van der Waals surface area contributed by atoms with Crippen LogP contribution in [0, 0.1) is 23.3 Å². The molecule has 6 heteroatoms. The van der Waals surface area contributed by atoms with E-state index in [1.54, 1.807) is 13.8 Å². The lowest BCUT2D eigenvalue weighted by Gasteiger charge is -2.07. The quantitative estimate of drug-likeness (QED) is 0.781. The predicted molar refractivity (Wildman–Crippen MR) is 83.2 cm³/mol. The zero-order chi connectivity index (χ0) is 18.3. The molecule has 0 heterocycles. The summed E-state index contributed by atoms with van der Waals surface area (Å²) in [6.07, 6.45) is -0.434. The first-order chi connectivity index (χ1) is 11.3. The van der Waals surface area contributed by atoms with E-state index >= 15 is 0 Å². The van der Waals surface area contributed by atoms with Gasteiger partial charge < -0.3 is 10.2 Å². The van der Waals surface area contributed by atoms with Gasteiger partial charge in [0.1, 0.15) is 0 Å². The maximum absolute atomic E-state index is 12.6. The van der Waals surface area contributed by atoms with Gasteiger partial charge >= 0.3 is 0 Å². The largest absolute Gasteiger partial charge is 0.388 e. The van der Waals surface area contributed by atoms with Gasteiger partial charge in [-0.05, 0) is 48.2 Å².